The Morgan fingerprint density at radius 1 is 1.65 bits per heavy atom. The van der Waals surface area contributed by atoms with Gasteiger partial charge < -0.3 is 10.6 Å². The Morgan fingerprint density at radius 3 is 3.18 bits per heavy atom. The van der Waals surface area contributed by atoms with Crippen LogP contribution in [0, 0.1) is 12.3 Å². The summed E-state index contributed by atoms with van der Waals surface area (Å²) in [6, 6.07) is 0. The predicted octanol–water partition coefficient (Wildman–Crippen LogP) is -1.27. The summed E-state index contributed by atoms with van der Waals surface area (Å²) in [5, 5.41) is 17.4. The molecule has 0 saturated heterocycles. The molecule has 0 spiro atoms. The van der Waals surface area contributed by atoms with E-state index < -0.39 is 0 Å². The molecule has 7 nitrogen and oxygen atoms in total. The normalized spacial score (nSPS) is 9.88. The summed E-state index contributed by atoms with van der Waals surface area (Å²) in [5.74, 6) is 2.46. The maximum Gasteiger partial charge on any atom is 0.231 e. The van der Waals surface area contributed by atoms with E-state index in [1.807, 2.05) is 7.05 Å². The molecule has 0 saturated carbocycles. The van der Waals surface area contributed by atoms with Crippen molar-refractivity contribution in [2.24, 2.45) is 0 Å². The summed E-state index contributed by atoms with van der Waals surface area (Å²) in [5.41, 5.74) is 0. The SMILES string of the molecule is C#CCNC(=O)CSc1nnnn1CCNC. The fraction of sp³-hybridized carbons (Fsp3) is 0.556. The monoisotopic (exact) mass is 254 g/mol. The Kier molecular flexibility index (Phi) is 6.06. The Labute approximate surface area is 104 Å². The minimum atomic E-state index is -0.129. The van der Waals surface area contributed by atoms with Gasteiger partial charge >= 0.3 is 0 Å². The Bertz CT molecular complexity index is 398. The van der Waals surface area contributed by atoms with Crippen molar-refractivity contribution < 1.29 is 4.79 Å². The highest BCUT2D eigenvalue weighted by atomic mass is 32.2. The molecule has 1 rings (SSSR count). The molecule has 0 aromatic carbocycles. The highest BCUT2D eigenvalue weighted by Crippen LogP contribution is 2.12. The second-order valence-corrected chi connectivity index (χ2v) is 4.00. The molecule has 17 heavy (non-hydrogen) atoms. The molecule has 2 N–H and O–H groups in total. The summed E-state index contributed by atoms with van der Waals surface area (Å²) in [6.07, 6.45) is 5.03. The molecule has 0 atom stereocenters. The van der Waals surface area contributed by atoms with E-state index in [0.29, 0.717) is 11.7 Å². The number of amides is 1. The first-order chi connectivity index (χ1) is 8.27. The molecule has 1 amide bonds. The molecular weight excluding hydrogens is 240 g/mol. The summed E-state index contributed by atoms with van der Waals surface area (Å²) in [7, 11) is 1.85. The van der Waals surface area contributed by atoms with Crippen LogP contribution in [0.25, 0.3) is 0 Å². The summed E-state index contributed by atoms with van der Waals surface area (Å²) >= 11 is 1.28. The third kappa shape index (κ3) is 4.84. The minimum Gasteiger partial charge on any atom is -0.344 e. The number of tetrazole rings is 1. The second kappa shape index (κ2) is 7.65. The second-order valence-electron chi connectivity index (χ2n) is 3.06. The quantitative estimate of drug-likeness (QED) is 0.466. The van der Waals surface area contributed by atoms with E-state index >= 15 is 0 Å². The van der Waals surface area contributed by atoms with Crippen molar-refractivity contribution in [1.29, 1.82) is 0 Å². The number of thioether (sulfide) groups is 1. The van der Waals surface area contributed by atoms with Gasteiger partial charge in [0, 0.05) is 6.54 Å². The molecular formula is C9H14N6OS. The number of carbonyl (C=O) groups is 1. The van der Waals surface area contributed by atoms with Crippen molar-refractivity contribution in [3.63, 3.8) is 0 Å². The van der Waals surface area contributed by atoms with Gasteiger partial charge in [0.2, 0.25) is 11.1 Å². The number of terminal acetylenes is 1. The Balaban J connectivity index is 2.38. The van der Waals surface area contributed by atoms with E-state index in [2.05, 4.69) is 32.1 Å². The Morgan fingerprint density at radius 2 is 2.47 bits per heavy atom. The highest BCUT2D eigenvalue weighted by Gasteiger charge is 2.08. The van der Waals surface area contributed by atoms with E-state index in [1.165, 1.54) is 11.8 Å². The zero-order chi connectivity index (χ0) is 12.5. The van der Waals surface area contributed by atoms with Crippen LogP contribution in [0.15, 0.2) is 5.16 Å². The number of carbonyl (C=O) groups excluding carboxylic acids is 1. The van der Waals surface area contributed by atoms with Gasteiger partial charge in [-0.15, -0.1) is 11.5 Å². The van der Waals surface area contributed by atoms with Crippen molar-refractivity contribution in [2.45, 2.75) is 11.7 Å². The van der Waals surface area contributed by atoms with Crippen molar-refractivity contribution >= 4 is 17.7 Å². The van der Waals surface area contributed by atoms with Crippen LogP contribution in [-0.2, 0) is 11.3 Å². The van der Waals surface area contributed by atoms with Crippen LogP contribution in [0.2, 0.25) is 0 Å². The van der Waals surface area contributed by atoms with Gasteiger partial charge in [0.05, 0.1) is 18.8 Å². The smallest absolute Gasteiger partial charge is 0.231 e. The maximum absolute atomic E-state index is 11.3. The van der Waals surface area contributed by atoms with Crippen LogP contribution in [0.1, 0.15) is 0 Å². The van der Waals surface area contributed by atoms with E-state index in [4.69, 9.17) is 6.42 Å². The number of rotatable bonds is 7. The fourth-order valence-electron chi connectivity index (χ4n) is 0.989. The third-order valence-electron chi connectivity index (χ3n) is 1.79. The summed E-state index contributed by atoms with van der Waals surface area (Å²) in [6.45, 7) is 1.67. The number of hydrogen-bond donors (Lipinski definition) is 2. The summed E-state index contributed by atoms with van der Waals surface area (Å²) in [4.78, 5) is 11.3. The first kappa shape index (κ1) is 13.5. The van der Waals surface area contributed by atoms with Crippen LogP contribution in [-0.4, -0.2) is 52.0 Å². The van der Waals surface area contributed by atoms with Gasteiger partial charge in [0.15, 0.2) is 0 Å². The molecule has 0 aliphatic carbocycles. The predicted molar refractivity (Wildman–Crippen MR) is 64.3 cm³/mol. The fourth-order valence-corrected chi connectivity index (χ4v) is 1.72. The van der Waals surface area contributed by atoms with Crippen molar-refractivity contribution in [1.82, 2.24) is 30.8 Å². The van der Waals surface area contributed by atoms with E-state index in [0.717, 1.165) is 6.54 Å². The number of nitrogens with zero attached hydrogens (tertiary/aromatic N) is 4. The lowest BCUT2D eigenvalue weighted by molar-refractivity contribution is -0.118. The van der Waals surface area contributed by atoms with Gasteiger partial charge in [0.25, 0.3) is 0 Å². The molecule has 8 heteroatoms. The van der Waals surface area contributed by atoms with Crippen molar-refractivity contribution in [3.8, 4) is 12.3 Å². The number of aromatic nitrogens is 4. The maximum atomic E-state index is 11.3. The molecule has 1 aromatic heterocycles. The molecule has 0 aliphatic heterocycles. The standard InChI is InChI=1S/C9H14N6OS/c1-3-4-11-8(16)7-17-9-12-13-14-15(9)6-5-10-2/h1,10H,4-7H2,2H3,(H,11,16). The van der Waals surface area contributed by atoms with Gasteiger partial charge in [-0.3, -0.25) is 4.79 Å². The van der Waals surface area contributed by atoms with Crippen LogP contribution in [0.4, 0.5) is 0 Å². The van der Waals surface area contributed by atoms with Gasteiger partial charge in [-0.1, -0.05) is 17.7 Å². The molecule has 0 fully saturated rings. The van der Waals surface area contributed by atoms with Crippen LogP contribution >= 0.6 is 11.8 Å². The van der Waals surface area contributed by atoms with Gasteiger partial charge in [-0.2, -0.15) is 0 Å². The van der Waals surface area contributed by atoms with E-state index in [1.54, 1.807) is 4.68 Å². The van der Waals surface area contributed by atoms with Crippen LogP contribution < -0.4 is 10.6 Å². The molecule has 1 aromatic rings. The lowest BCUT2D eigenvalue weighted by atomic mass is 10.6. The lowest BCUT2D eigenvalue weighted by Crippen LogP contribution is -2.25. The molecule has 0 unspecified atom stereocenters. The summed E-state index contributed by atoms with van der Waals surface area (Å²) < 4.78 is 1.65. The number of hydrogen-bond acceptors (Lipinski definition) is 6. The van der Waals surface area contributed by atoms with Gasteiger partial charge in [-0.05, 0) is 17.5 Å². The van der Waals surface area contributed by atoms with Crippen molar-refractivity contribution in [2.75, 3.05) is 25.9 Å². The largest absolute Gasteiger partial charge is 0.344 e. The lowest BCUT2D eigenvalue weighted by Gasteiger charge is -2.03. The average Bonchev–Trinajstić information content (AvgIpc) is 2.78. The van der Waals surface area contributed by atoms with Gasteiger partial charge in [-0.25, -0.2) is 4.68 Å². The van der Waals surface area contributed by atoms with E-state index in [9.17, 15) is 4.79 Å². The molecule has 0 bridgehead atoms. The zero-order valence-corrected chi connectivity index (χ0v) is 10.3. The van der Waals surface area contributed by atoms with E-state index in [-0.39, 0.29) is 18.2 Å². The first-order valence-corrected chi connectivity index (χ1v) is 6.00. The molecule has 0 aliphatic rings. The topological polar surface area (TPSA) is 84.7 Å². The third-order valence-corrected chi connectivity index (χ3v) is 2.75. The molecule has 0 radical (unpaired) electrons. The first-order valence-electron chi connectivity index (χ1n) is 5.01. The number of likely N-dealkylation sites (N-methyl/N-ethyl adjacent to an activating group) is 1. The van der Waals surface area contributed by atoms with Crippen LogP contribution in [0.5, 0.6) is 0 Å². The highest BCUT2D eigenvalue weighted by molar-refractivity contribution is 7.99. The number of nitrogens with one attached hydrogen (secondary N) is 2. The van der Waals surface area contributed by atoms with Crippen molar-refractivity contribution in [3.05, 3.63) is 0 Å². The molecule has 1 heterocycles. The average molecular weight is 254 g/mol. The minimum absolute atomic E-state index is 0.129. The van der Waals surface area contributed by atoms with Gasteiger partial charge in [0.1, 0.15) is 0 Å². The Hall–Kier alpha value is -1.59. The zero-order valence-electron chi connectivity index (χ0n) is 9.51. The molecule has 92 valence electrons. The van der Waals surface area contributed by atoms with Crippen LogP contribution in [0.3, 0.4) is 0 Å².